The molecule has 0 bridgehead atoms. The molecule has 0 radical (unpaired) electrons. The summed E-state index contributed by atoms with van der Waals surface area (Å²) in [6, 6.07) is 1.67. The molecule has 1 aromatic heterocycles. The van der Waals surface area contributed by atoms with Gasteiger partial charge in [-0.3, -0.25) is 0 Å². The molecule has 0 amide bonds. The van der Waals surface area contributed by atoms with E-state index in [1.165, 1.54) is 0 Å². The topological polar surface area (TPSA) is 67.3 Å². The highest BCUT2D eigenvalue weighted by Gasteiger charge is 2.39. The van der Waals surface area contributed by atoms with Crippen molar-refractivity contribution in [2.75, 3.05) is 18.5 Å². The number of aryl methyl sites for hydroxylation is 1. The van der Waals surface area contributed by atoms with E-state index in [0.29, 0.717) is 30.5 Å². The molecule has 0 aliphatic carbocycles. The predicted molar refractivity (Wildman–Crippen MR) is 74.5 cm³/mol. The van der Waals surface area contributed by atoms with Crippen LogP contribution in [0.25, 0.3) is 0 Å². The van der Waals surface area contributed by atoms with Crippen LogP contribution in [0.4, 0.5) is 5.82 Å². The van der Waals surface area contributed by atoms with Crippen molar-refractivity contribution < 1.29 is 9.84 Å². The summed E-state index contributed by atoms with van der Waals surface area (Å²) >= 11 is 5.97. The van der Waals surface area contributed by atoms with Crippen LogP contribution in [0.1, 0.15) is 32.5 Å². The number of hydrogen-bond donors (Lipinski definition) is 2. The summed E-state index contributed by atoms with van der Waals surface area (Å²) < 4.78 is 5.39. The molecule has 2 heterocycles. The number of aromatic nitrogens is 2. The van der Waals surface area contributed by atoms with Crippen LogP contribution in [0.3, 0.4) is 0 Å². The van der Waals surface area contributed by atoms with Gasteiger partial charge in [0.25, 0.3) is 0 Å². The quantitative estimate of drug-likeness (QED) is 0.811. The summed E-state index contributed by atoms with van der Waals surface area (Å²) in [5.74, 6) is 1.37. The molecule has 5 nitrogen and oxygen atoms in total. The normalized spacial score (nSPS) is 26.6. The van der Waals surface area contributed by atoms with Crippen molar-refractivity contribution in [3.05, 3.63) is 17.0 Å². The number of anilines is 1. The summed E-state index contributed by atoms with van der Waals surface area (Å²) in [6.45, 7) is 4.93. The molecule has 1 saturated heterocycles. The van der Waals surface area contributed by atoms with Gasteiger partial charge in [-0.05, 0) is 13.3 Å². The third-order valence-electron chi connectivity index (χ3n) is 3.45. The van der Waals surface area contributed by atoms with Crippen LogP contribution in [0.5, 0.6) is 0 Å². The number of ether oxygens (including phenoxy) is 1. The molecular formula is C13H20ClN3O2. The van der Waals surface area contributed by atoms with Gasteiger partial charge < -0.3 is 15.2 Å². The fraction of sp³-hybridized carbons (Fsp3) is 0.692. The van der Waals surface area contributed by atoms with Crippen LogP contribution < -0.4 is 5.32 Å². The molecule has 0 spiro atoms. The zero-order valence-electron chi connectivity index (χ0n) is 11.3. The van der Waals surface area contributed by atoms with Crippen LogP contribution in [0, 0.1) is 0 Å². The Balaban J connectivity index is 2.03. The Hall–Kier alpha value is -0.910. The van der Waals surface area contributed by atoms with Crippen molar-refractivity contribution in [2.45, 2.75) is 44.8 Å². The number of halogens is 1. The van der Waals surface area contributed by atoms with Gasteiger partial charge in [0, 0.05) is 32.1 Å². The van der Waals surface area contributed by atoms with Crippen molar-refractivity contribution in [3.63, 3.8) is 0 Å². The first-order valence-corrected chi connectivity index (χ1v) is 7.02. The van der Waals surface area contributed by atoms with Crippen molar-refractivity contribution >= 4 is 17.4 Å². The molecule has 1 fully saturated rings. The Morgan fingerprint density at radius 3 is 3.00 bits per heavy atom. The zero-order chi connectivity index (χ0) is 13.9. The molecule has 1 aliphatic heterocycles. The third kappa shape index (κ3) is 3.55. The second-order valence-corrected chi connectivity index (χ2v) is 5.35. The maximum atomic E-state index is 10.4. The van der Waals surface area contributed by atoms with E-state index >= 15 is 0 Å². The van der Waals surface area contributed by atoms with Gasteiger partial charge in [0.1, 0.15) is 22.4 Å². The molecule has 19 heavy (non-hydrogen) atoms. The van der Waals surface area contributed by atoms with E-state index in [9.17, 15) is 5.11 Å². The summed E-state index contributed by atoms with van der Waals surface area (Å²) in [5, 5.41) is 14.0. The summed E-state index contributed by atoms with van der Waals surface area (Å²) in [5.41, 5.74) is -0.845. The number of rotatable bonds is 5. The zero-order valence-corrected chi connectivity index (χ0v) is 12.1. The first-order chi connectivity index (χ1) is 9.03. The lowest BCUT2D eigenvalue weighted by molar-refractivity contribution is -0.0176. The molecule has 1 aromatic rings. The first kappa shape index (κ1) is 14.5. The van der Waals surface area contributed by atoms with E-state index < -0.39 is 5.60 Å². The monoisotopic (exact) mass is 285 g/mol. The first-order valence-electron chi connectivity index (χ1n) is 6.65. The SMILES string of the molecule is CCCc1nc(Cl)cc(NCC2(O)CCOC2C)n1. The number of nitrogens with zero attached hydrogens (tertiary/aromatic N) is 2. The molecule has 106 valence electrons. The van der Waals surface area contributed by atoms with Gasteiger partial charge in [-0.15, -0.1) is 0 Å². The minimum Gasteiger partial charge on any atom is -0.385 e. The largest absolute Gasteiger partial charge is 0.385 e. The van der Waals surface area contributed by atoms with E-state index in [2.05, 4.69) is 22.2 Å². The van der Waals surface area contributed by atoms with Gasteiger partial charge in [0.05, 0.1) is 6.10 Å². The lowest BCUT2D eigenvalue weighted by Gasteiger charge is -2.26. The molecule has 0 saturated carbocycles. The van der Waals surface area contributed by atoms with E-state index in [1.54, 1.807) is 6.07 Å². The Morgan fingerprint density at radius 1 is 1.58 bits per heavy atom. The van der Waals surface area contributed by atoms with Crippen LogP contribution in [-0.2, 0) is 11.2 Å². The molecule has 2 N–H and O–H groups in total. The number of aliphatic hydroxyl groups is 1. The summed E-state index contributed by atoms with van der Waals surface area (Å²) in [4.78, 5) is 8.54. The molecule has 0 aromatic carbocycles. The van der Waals surface area contributed by atoms with Crippen molar-refractivity contribution in [1.29, 1.82) is 0 Å². The van der Waals surface area contributed by atoms with Crippen LogP contribution >= 0.6 is 11.6 Å². The summed E-state index contributed by atoms with van der Waals surface area (Å²) in [7, 11) is 0. The average Bonchev–Trinajstić information content (AvgIpc) is 2.68. The lowest BCUT2D eigenvalue weighted by atomic mass is 9.97. The molecule has 2 unspecified atom stereocenters. The second-order valence-electron chi connectivity index (χ2n) is 4.96. The minimum atomic E-state index is -0.845. The molecular weight excluding hydrogens is 266 g/mol. The highest BCUT2D eigenvalue weighted by Crippen LogP contribution is 2.26. The number of hydrogen-bond acceptors (Lipinski definition) is 5. The van der Waals surface area contributed by atoms with Crippen LogP contribution in [-0.4, -0.2) is 39.9 Å². The van der Waals surface area contributed by atoms with E-state index in [0.717, 1.165) is 18.7 Å². The van der Waals surface area contributed by atoms with Crippen LogP contribution in [0.15, 0.2) is 6.07 Å². The smallest absolute Gasteiger partial charge is 0.134 e. The Kier molecular flexibility index (Phi) is 4.60. The Morgan fingerprint density at radius 2 is 2.37 bits per heavy atom. The molecule has 2 atom stereocenters. The van der Waals surface area contributed by atoms with Crippen molar-refractivity contribution in [1.82, 2.24) is 9.97 Å². The Labute approximate surface area is 118 Å². The summed E-state index contributed by atoms with van der Waals surface area (Å²) in [6.07, 6.45) is 2.21. The predicted octanol–water partition coefficient (Wildman–Crippen LogP) is 2.03. The molecule has 2 rings (SSSR count). The highest BCUT2D eigenvalue weighted by molar-refractivity contribution is 6.29. The standard InChI is InChI=1S/C13H20ClN3O2/c1-3-4-11-16-10(14)7-12(17-11)15-8-13(18)5-6-19-9(13)2/h7,9,18H,3-6,8H2,1-2H3,(H,15,16,17). The van der Waals surface area contributed by atoms with Crippen LogP contribution in [0.2, 0.25) is 5.15 Å². The van der Waals surface area contributed by atoms with E-state index in [4.69, 9.17) is 16.3 Å². The van der Waals surface area contributed by atoms with Gasteiger partial charge in [0.15, 0.2) is 0 Å². The molecule has 1 aliphatic rings. The minimum absolute atomic E-state index is 0.174. The molecule has 6 heteroatoms. The van der Waals surface area contributed by atoms with E-state index in [1.807, 2.05) is 6.92 Å². The third-order valence-corrected chi connectivity index (χ3v) is 3.64. The van der Waals surface area contributed by atoms with Gasteiger partial charge in [-0.2, -0.15) is 0 Å². The Bertz CT molecular complexity index is 444. The van der Waals surface area contributed by atoms with Gasteiger partial charge >= 0.3 is 0 Å². The fourth-order valence-electron chi connectivity index (χ4n) is 2.14. The van der Waals surface area contributed by atoms with Gasteiger partial charge in [-0.1, -0.05) is 18.5 Å². The highest BCUT2D eigenvalue weighted by atomic mass is 35.5. The van der Waals surface area contributed by atoms with E-state index in [-0.39, 0.29) is 6.10 Å². The maximum Gasteiger partial charge on any atom is 0.134 e. The van der Waals surface area contributed by atoms with Crippen molar-refractivity contribution in [2.24, 2.45) is 0 Å². The van der Waals surface area contributed by atoms with Gasteiger partial charge in [-0.25, -0.2) is 9.97 Å². The average molecular weight is 286 g/mol. The van der Waals surface area contributed by atoms with Gasteiger partial charge in [0.2, 0.25) is 0 Å². The second kappa shape index (κ2) is 6.03. The maximum absolute atomic E-state index is 10.4. The fourth-order valence-corrected chi connectivity index (χ4v) is 2.34. The number of nitrogens with one attached hydrogen (secondary N) is 1. The lowest BCUT2D eigenvalue weighted by Crippen LogP contribution is -2.43. The van der Waals surface area contributed by atoms with Crippen molar-refractivity contribution in [3.8, 4) is 0 Å².